The van der Waals surface area contributed by atoms with Crippen LogP contribution in [0.25, 0.3) is 0 Å². The molecule has 1 atom stereocenters. The van der Waals surface area contributed by atoms with Crippen LogP contribution in [-0.4, -0.2) is 37.0 Å². The first kappa shape index (κ1) is 14.9. The molecule has 1 amide bonds. The van der Waals surface area contributed by atoms with E-state index < -0.39 is 5.91 Å². The number of likely N-dealkylation sites (tertiary alicyclic amines) is 1. The van der Waals surface area contributed by atoms with Gasteiger partial charge in [-0.2, -0.15) is 0 Å². The molecule has 1 unspecified atom stereocenters. The predicted octanol–water partition coefficient (Wildman–Crippen LogP) is 1.88. The third kappa shape index (κ3) is 3.35. The van der Waals surface area contributed by atoms with Gasteiger partial charge in [-0.15, -0.1) is 0 Å². The topological polar surface area (TPSA) is 81.6 Å². The van der Waals surface area contributed by atoms with Crippen molar-refractivity contribution >= 4 is 23.2 Å². The summed E-state index contributed by atoms with van der Waals surface area (Å²) < 4.78 is 5.76. The molecule has 0 radical (unpaired) electrons. The second-order valence-corrected chi connectivity index (χ2v) is 5.59. The predicted molar refractivity (Wildman–Crippen MR) is 80.1 cm³/mol. The van der Waals surface area contributed by atoms with Gasteiger partial charge in [0.1, 0.15) is 6.61 Å². The number of primary amides is 1. The Morgan fingerprint density at radius 3 is 2.90 bits per heavy atom. The molecular weight excluding hydrogens is 278 g/mol. The van der Waals surface area contributed by atoms with E-state index in [1.807, 2.05) is 0 Å². The maximum atomic E-state index is 11.5. The number of hydrogen-bond acceptors (Lipinski definition) is 4. The highest BCUT2D eigenvalue weighted by Gasteiger charge is 2.21. The van der Waals surface area contributed by atoms with Crippen LogP contribution in [0.15, 0.2) is 12.1 Å². The van der Waals surface area contributed by atoms with Crippen molar-refractivity contribution in [3.05, 3.63) is 22.7 Å². The van der Waals surface area contributed by atoms with Gasteiger partial charge in [0, 0.05) is 11.7 Å². The van der Waals surface area contributed by atoms with Crippen molar-refractivity contribution in [3.8, 4) is 5.75 Å². The fourth-order valence-corrected chi connectivity index (χ4v) is 2.76. The average Bonchev–Trinajstić information content (AvgIpc) is 2.38. The summed E-state index contributed by atoms with van der Waals surface area (Å²) in [4.78, 5) is 13.7. The smallest absolute Gasteiger partial charge is 0.252 e. The highest BCUT2D eigenvalue weighted by atomic mass is 35.5. The Morgan fingerprint density at radius 1 is 1.50 bits per heavy atom. The summed E-state index contributed by atoms with van der Waals surface area (Å²) in [5.74, 6) is -0.265. The molecule has 0 spiro atoms. The maximum absolute atomic E-state index is 11.5. The van der Waals surface area contributed by atoms with Crippen LogP contribution in [0.4, 0.5) is 5.69 Å². The van der Waals surface area contributed by atoms with Crippen molar-refractivity contribution in [1.82, 2.24) is 4.90 Å². The molecule has 1 saturated heterocycles. The molecule has 20 heavy (non-hydrogen) atoms. The van der Waals surface area contributed by atoms with Gasteiger partial charge in [0.15, 0.2) is 5.75 Å². The number of carbonyl (C=O) groups is 1. The number of anilines is 1. The third-order valence-corrected chi connectivity index (χ3v) is 3.95. The van der Waals surface area contributed by atoms with E-state index in [2.05, 4.69) is 11.9 Å². The fourth-order valence-electron chi connectivity index (χ4n) is 2.48. The monoisotopic (exact) mass is 297 g/mol. The number of piperidine rings is 1. The van der Waals surface area contributed by atoms with Crippen LogP contribution < -0.4 is 16.2 Å². The van der Waals surface area contributed by atoms with E-state index in [0.717, 1.165) is 13.0 Å². The Hall–Kier alpha value is -1.46. The molecule has 1 aliphatic rings. The van der Waals surface area contributed by atoms with E-state index in [-0.39, 0.29) is 5.56 Å². The number of nitrogens with two attached hydrogens (primary N) is 2. The largest absolute Gasteiger partial charge is 0.490 e. The van der Waals surface area contributed by atoms with Crippen molar-refractivity contribution in [2.75, 3.05) is 25.9 Å². The van der Waals surface area contributed by atoms with Crippen LogP contribution in [0.3, 0.4) is 0 Å². The van der Waals surface area contributed by atoms with Gasteiger partial charge in [-0.1, -0.05) is 18.0 Å². The van der Waals surface area contributed by atoms with Gasteiger partial charge in [0.2, 0.25) is 0 Å². The molecule has 0 aromatic heterocycles. The lowest BCUT2D eigenvalue weighted by atomic mass is 10.0. The Balaban J connectivity index is 2.14. The molecule has 0 saturated carbocycles. The zero-order chi connectivity index (χ0) is 14.7. The molecule has 2 rings (SSSR count). The minimum atomic E-state index is -0.591. The Bertz CT molecular complexity index is 507. The van der Waals surface area contributed by atoms with Crippen molar-refractivity contribution in [3.63, 3.8) is 0 Å². The van der Waals surface area contributed by atoms with Crippen molar-refractivity contribution < 1.29 is 9.53 Å². The molecule has 1 aromatic carbocycles. The first-order valence-corrected chi connectivity index (χ1v) is 7.08. The van der Waals surface area contributed by atoms with E-state index in [1.54, 1.807) is 6.07 Å². The second kappa shape index (κ2) is 6.33. The Kier molecular flexibility index (Phi) is 4.73. The van der Waals surface area contributed by atoms with Crippen LogP contribution in [0.5, 0.6) is 5.75 Å². The van der Waals surface area contributed by atoms with Crippen molar-refractivity contribution in [2.45, 2.75) is 25.3 Å². The number of nitrogen functional groups attached to an aromatic ring is 1. The number of benzene rings is 1. The number of rotatable bonds is 4. The first-order valence-electron chi connectivity index (χ1n) is 6.71. The second-order valence-electron chi connectivity index (χ2n) is 5.18. The number of amides is 1. The van der Waals surface area contributed by atoms with Gasteiger partial charge in [-0.05, 0) is 38.6 Å². The standard InChI is InChI=1S/C14H20ClN3O2/c1-18-5-3-2-4-10(18)8-20-13-11(14(17)19)6-9(16)7-12(13)15/h6-7,10H,2-5,8,16H2,1H3,(H2,17,19). The molecule has 1 heterocycles. The van der Waals surface area contributed by atoms with E-state index in [1.165, 1.54) is 18.9 Å². The molecule has 110 valence electrons. The summed E-state index contributed by atoms with van der Waals surface area (Å²) in [7, 11) is 2.08. The van der Waals surface area contributed by atoms with E-state index in [0.29, 0.717) is 29.1 Å². The fraction of sp³-hybridized carbons (Fsp3) is 0.500. The molecule has 0 aliphatic carbocycles. The van der Waals surface area contributed by atoms with Gasteiger partial charge in [0.05, 0.1) is 10.6 Å². The molecular formula is C14H20ClN3O2. The molecule has 5 nitrogen and oxygen atoms in total. The van der Waals surface area contributed by atoms with Crippen LogP contribution in [-0.2, 0) is 0 Å². The first-order chi connectivity index (χ1) is 9.49. The van der Waals surface area contributed by atoms with Crippen LogP contribution in [0.2, 0.25) is 5.02 Å². The quantitative estimate of drug-likeness (QED) is 0.832. The van der Waals surface area contributed by atoms with E-state index in [9.17, 15) is 4.79 Å². The van der Waals surface area contributed by atoms with Crippen molar-refractivity contribution in [2.24, 2.45) is 5.73 Å². The van der Waals surface area contributed by atoms with Crippen molar-refractivity contribution in [1.29, 1.82) is 0 Å². The summed E-state index contributed by atoms with van der Waals surface area (Å²) in [6, 6.07) is 3.39. The van der Waals surface area contributed by atoms with Gasteiger partial charge >= 0.3 is 0 Å². The normalized spacial score (nSPS) is 19.8. The number of halogens is 1. The van der Waals surface area contributed by atoms with E-state index in [4.69, 9.17) is 27.8 Å². The SMILES string of the molecule is CN1CCCCC1COc1c(Cl)cc(N)cc1C(N)=O. The summed E-state index contributed by atoms with van der Waals surface area (Å²) in [5.41, 5.74) is 11.6. The Labute approximate surface area is 123 Å². The summed E-state index contributed by atoms with van der Waals surface area (Å²) in [6.45, 7) is 1.55. The molecule has 6 heteroatoms. The summed E-state index contributed by atoms with van der Waals surface area (Å²) in [5, 5.41) is 0.317. The van der Waals surface area contributed by atoms with Gasteiger partial charge in [0.25, 0.3) is 5.91 Å². The molecule has 1 aliphatic heterocycles. The molecule has 1 aromatic rings. The summed E-state index contributed by atoms with van der Waals surface area (Å²) in [6.07, 6.45) is 3.48. The minimum Gasteiger partial charge on any atom is -0.490 e. The lowest BCUT2D eigenvalue weighted by molar-refractivity contribution is 0.0987. The highest BCUT2D eigenvalue weighted by Crippen LogP contribution is 2.32. The molecule has 0 bridgehead atoms. The lowest BCUT2D eigenvalue weighted by Gasteiger charge is -2.32. The number of ether oxygens (including phenoxy) is 1. The zero-order valence-corrected chi connectivity index (χ0v) is 12.3. The van der Waals surface area contributed by atoms with Gasteiger partial charge < -0.3 is 21.1 Å². The van der Waals surface area contributed by atoms with Gasteiger partial charge in [-0.25, -0.2) is 0 Å². The number of likely N-dealkylation sites (N-methyl/N-ethyl adjacent to an activating group) is 1. The molecule has 1 fully saturated rings. The average molecular weight is 298 g/mol. The summed E-state index contributed by atoms with van der Waals surface area (Å²) >= 11 is 6.11. The number of carbonyl (C=O) groups excluding carboxylic acids is 1. The number of nitrogens with zero attached hydrogens (tertiary/aromatic N) is 1. The maximum Gasteiger partial charge on any atom is 0.252 e. The third-order valence-electron chi connectivity index (χ3n) is 3.67. The van der Waals surface area contributed by atoms with E-state index >= 15 is 0 Å². The van der Waals surface area contributed by atoms with Crippen LogP contribution in [0, 0.1) is 0 Å². The number of hydrogen-bond donors (Lipinski definition) is 2. The van der Waals surface area contributed by atoms with Gasteiger partial charge in [-0.3, -0.25) is 4.79 Å². The highest BCUT2D eigenvalue weighted by molar-refractivity contribution is 6.33. The Morgan fingerprint density at radius 2 is 2.25 bits per heavy atom. The molecule has 4 N–H and O–H groups in total. The zero-order valence-electron chi connectivity index (χ0n) is 11.6. The minimum absolute atomic E-state index is 0.230. The van der Waals surface area contributed by atoms with Crippen LogP contribution >= 0.6 is 11.6 Å². The lowest BCUT2D eigenvalue weighted by Crippen LogP contribution is -2.40. The van der Waals surface area contributed by atoms with Crippen LogP contribution in [0.1, 0.15) is 29.6 Å².